The molecule has 136 valence electrons. The molecule has 0 aromatic heterocycles. The third-order valence-corrected chi connectivity index (χ3v) is 3.44. The SMILES string of the molecule is O=C(COc1ccccc1F)N/N=C/c1cccc(Oc2ccccc2)c1. The number of amides is 1. The summed E-state index contributed by atoms with van der Waals surface area (Å²) in [6.07, 6.45) is 1.48. The Kier molecular flexibility index (Phi) is 6.14. The van der Waals surface area contributed by atoms with E-state index in [1.165, 1.54) is 18.3 Å². The van der Waals surface area contributed by atoms with Gasteiger partial charge in [-0.1, -0.05) is 42.5 Å². The summed E-state index contributed by atoms with van der Waals surface area (Å²) in [6.45, 7) is -0.338. The molecule has 5 nitrogen and oxygen atoms in total. The number of hydrogen-bond donors (Lipinski definition) is 1. The number of nitrogens with zero attached hydrogens (tertiary/aromatic N) is 1. The molecule has 0 radical (unpaired) electrons. The standard InChI is InChI=1S/C21H17FN2O3/c22-19-11-4-5-12-20(19)26-15-21(25)24-23-14-16-7-6-10-18(13-16)27-17-8-2-1-3-9-17/h1-14H,15H2,(H,24,25)/b23-14+. The maximum Gasteiger partial charge on any atom is 0.277 e. The third kappa shape index (κ3) is 5.67. The third-order valence-electron chi connectivity index (χ3n) is 3.44. The minimum absolute atomic E-state index is 0.0161. The predicted molar refractivity (Wildman–Crippen MR) is 101 cm³/mol. The van der Waals surface area contributed by atoms with Crippen molar-refractivity contribution in [3.05, 3.63) is 90.2 Å². The lowest BCUT2D eigenvalue weighted by atomic mass is 10.2. The summed E-state index contributed by atoms with van der Waals surface area (Å²) in [5, 5.41) is 3.87. The monoisotopic (exact) mass is 364 g/mol. The van der Waals surface area contributed by atoms with Crippen molar-refractivity contribution in [3.8, 4) is 17.2 Å². The van der Waals surface area contributed by atoms with E-state index in [4.69, 9.17) is 9.47 Å². The first-order valence-electron chi connectivity index (χ1n) is 8.23. The van der Waals surface area contributed by atoms with Gasteiger partial charge in [-0.25, -0.2) is 9.82 Å². The second kappa shape index (κ2) is 9.15. The van der Waals surface area contributed by atoms with Gasteiger partial charge in [-0.15, -0.1) is 0 Å². The van der Waals surface area contributed by atoms with E-state index in [0.717, 1.165) is 11.3 Å². The number of hydrogen-bond acceptors (Lipinski definition) is 4. The second-order valence-corrected chi connectivity index (χ2v) is 5.50. The van der Waals surface area contributed by atoms with Crippen LogP contribution in [0, 0.1) is 5.82 Å². The van der Waals surface area contributed by atoms with E-state index in [-0.39, 0.29) is 12.4 Å². The van der Waals surface area contributed by atoms with Crippen molar-refractivity contribution < 1.29 is 18.7 Å². The Labute approximate surface area is 156 Å². The molecule has 0 aliphatic carbocycles. The van der Waals surface area contributed by atoms with E-state index >= 15 is 0 Å². The number of nitrogens with one attached hydrogen (secondary N) is 1. The molecule has 27 heavy (non-hydrogen) atoms. The van der Waals surface area contributed by atoms with Crippen molar-refractivity contribution in [1.82, 2.24) is 5.43 Å². The van der Waals surface area contributed by atoms with Gasteiger partial charge in [0.15, 0.2) is 18.2 Å². The van der Waals surface area contributed by atoms with Crippen molar-refractivity contribution in [1.29, 1.82) is 0 Å². The lowest BCUT2D eigenvalue weighted by Gasteiger charge is -2.06. The first kappa shape index (κ1) is 18.1. The van der Waals surface area contributed by atoms with Crippen LogP contribution in [0.3, 0.4) is 0 Å². The first-order valence-corrected chi connectivity index (χ1v) is 8.23. The number of carbonyl (C=O) groups is 1. The maximum atomic E-state index is 13.4. The van der Waals surface area contributed by atoms with Crippen LogP contribution in [-0.4, -0.2) is 18.7 Å². The number of rotatable bonds is 7. The van der Waals surface area contributed by atoms with Crippen LogP contribution in [0.1, 0.15) is 5.56 Å². The first-order chi connectivity index (χ1) is 13.2. The normalized spacial score (nSPS) is 10.6. The molecule has 0 saturated heterocycles. The zero-order chi connectivity index (χ0) is 18.9. The quantitative estimate of drug-likeness (QED) is 0.506. The van der Waals surface area contributed by atoms with Crippen molar-refractivity contribution in [3.63, 3.8) is 0 Å². The van der Waals surface area contributed by atoms with Crippen LogP contribution in [0.2, 0.25) is 0 Å². The van der Waals surface area contributed by atoms with Crippen LogP contribution in [0.5, 0.6) is 17.2 Å². The Balaban J connectivity index is 1.51. The summed E-state index contributed by atoms with van der Waals surface area (Å²) in [4.78, 5) is 11.7. The molecule has 3 rings (SSSR count). The number of para-hydroxylation sites is 2. The summed E-state index contributed by atoms with van der Waals surface area (Å²) in [7, 11) is 0. The van der Waals surface area contributed by atoms with E-state index in [9.17, 15) is 9.18 Å². The van der Waals surface area contributed by atoms with Crippen LogP contribution in [0.15, 0.2) is 84.0 Å². The van der Waals surface area contributed by atoms with E-state index in [1.807, 2.05) is 48.5 Å². The Hall–Kier alpha value is -3.67. The van der Waals surface area contributed by atoms with E-state index < -0.39 is 11.7 Å². The molecule has 0 fully saturated rings. The Morgan fingerprint density at radius 3 is 2.52 bits per heavy atom. The molecule has 0 aliphatic heterocycles. The van der Waals surface area contributed by atoms with Crippen molar-refractivity contribution in [2.24, 2.45) is 5.10 Å². The fraction of sp³-hybridized carbons (Fsp3) is 0.0476. The van der Waals surface area contributed by atoms with Gasteiger partial charge in [0.05, 0.1) is 6.21 Å². The van der Waals surface area contributed by atoms with Crippen molar-refractivity contribution >= 4 is 12.1 Å². The molecule has 0 spiro atoms. The van der Waals surface area contributed by atoms with Crippen LogP contribution in [-0.2, 0) is 4.79 Å². The molecular formula is C21H17FN2O3. The highest BCUT2D eigenvalue weighted by atomic mass is 19.1. The van der Waals surface area contributed by atoms with E-state index in [2.05, 4.69) is 10.5 Å². The lowest BCUT2D eigenvalue weighted by Crippen LogP contribution is -2.24. The molecule has 3 aromatic rings. The fourth-order valence-electron chi connectivity index (χ4n) is 2.20. The minimum Gasteiger partial charge on any atom is -0.481 e. The highest BCUT2D eigenvalue weighted by Crippen LogP contribution is 2.21. The van der Waals surface area contributed by atoms with E-state index in [0.29, 0.717) is 5.75 Å². The second-order valence-electron chi connectivity index (χ2n) is 5.50. The summed E-state index contributed by atoms with van der Waals surface area (Å²) < 4.78 is 24.3. The average molecular weight is 364 g/mol. The molecule has 0 saturated carbocycles. The number of halogens is 1. The summed E-state index contributed by atoms with van der Waals surface area (Å²) >= 11 is 0. The van der Waals surface area contributed by atoms with Crippen LogP contribution < -0.4 is 14.9 Å². The Morgan fingerprint density at radius 1 is 0.963 bits per heavy atom. The predicted octanol–water partition coefficient (Wildman–Crippen LogP) is 4.15. The molecule has 0 unspecified atom stereocenters. The molecule has 0 heterocycles. The topological polar surface area (TPSA) is 59.9 Å². The zero-order valence-corrected chi connectivity index (χ0v) is 14.3. The van der Waals surface area contributed by atoms with Crippen LogP contribution in [0.25, 0.3) is 0 Å². The minimum atomic E-state index is -0.524. The Morgan fingerprint density at radius 2 is 1.70 bits per heavy atom. The van der Waals surface area contributed by atoms with Gasteiger partial charge in [0, 0.05) is 0 Å². The smallest absolute Gasteiger partial charge is 0.277 e. The largest absolute Gasteiger partial charge is 0.481 e. The highest BCUT2D eigenvalue weighted by Gasteiger charge is 2.05. The summed E-state index contributed by atoms with van der Waals surface area (Å²) in [5.74, 6) is 0.377. The van der Waals surface area contributed by atoms with Gasteiger partial charge in [0.1, 0.15) is 11.5 Å². The molecule has 0 aliphatic rings. The number of ether oxygens (including phenoxy) is 2. The molecule has 3 aromatic carbocycles. The van der Waals surface area contributed by atoms with Crippen LogP contribution in [0.4, 0.5) is 4.39 Å². The Bertz CT molecular complexity index is 929. The van der Waals surface area contributed by atoms with Crippen molar-refractivity contribution in [2.45, 2.75) is 0 Å². The van der Waals surface area contributed by atoms with Crippen molar-refractivity contribution in [2.75, 3.05) is 6.61 Å². The van der Waals surface area contributed by atoms with Gasteiger partial charge in [0.2, 0.25) is 0 Å². The molecule has 0 atom stereocenters. The number of hydrazone groups is 1. The zero-order valence-electron chi connectivity index (χ0n) is 14.3. The molecular weight excluding hydrogens is 347 g/mol. The van der Waals surface area contributed by atoms with Gasteiger partial charge in [-0.05, 0) is 42.0 Å². The van der Waals surface area contributed by atoms with Crippen LogP contribution >= 0.6 is 0 Å². The van der Waals surface area contributed by atoms with Gasteiger partial charge in [0.25, 0.3) is 5.91 Å². The van der Waals surface area contributed by atoms with E-state index in [1.54, 1.807) is 18.2 Å². The molecule has 1 amide bonds. The molecule has 6 heteroatoms. The fourth-order valence-corrected chi connectivity index (χ4v) is 2.20. The molecule has 0 bridgehead atoms. The number of benzene rings is 3. The summed E-state index contributed by atoms with van der Waals surface area (Å²) in [6, 6.07) is 22.5. The lowest BCUT2D eigenvalue weighted by molar-refractivity contribution is -0.123. The number of carbonyl (C=O) groups excluding carboxylic acids is 1. The highest BCUT2D eigenvalue weighted by molar-refractivity contribution is 5.83. The van der Waals surface area contributed by atoms with Gasteiger partial charge in [-0.2, -0.15) is 5.10 Å². The van der Waals surface area contributed by atoms with Gasteiger partial charge in [-0.3, -0.25) is 4.79 Å². The summed E-state index contributed by atoms with van der Waals surface area (Å²) in [5.41, 5.74) is 3.08. The maximum absolute atomic E-state index is 13.4. The molecule has 1 N–H and O–H groups in total. The van der Waals surface area contributed by atoms with Gasteiger partial charge >= 0.3 is 0 Å². The van der Waals surface area contributed by atoms with Gasteiger partial charge < -0.3 is 9.47 Å². The average Bonchev–Trinajstić information content (AvgIpc) is 2.68.